The van der Waals surface area contributed by atoms with Crippen molar-refractivity contribution in [2.45, 2.75) is 11.4 Å². The number of nitrogens with zero attached hydrogens (tertiary/aromatic N) is 1. The van der Waals surface area contributed by atoms with Crippen LogP contribution in [0.5, 0.6) is 0 Å². The van der Waals surface area contributed by atoms with E-state index in [2.05, 4.69) is 18.7 Å². The van der Waals surface area contributed by atoms with E-state index in [0.29, 0.717) is 13.1 Å². The Morgan fingerprint density at radius 3 is 2.68 bits per heavy atom. The molecule has 2 aromatic rings. The van der Waals surface area contributed by atoms with Gasteiger partial charge in [-0.3, -0.25) is 4.79 Å². The third-order valence-electron chi connectivity index (χ3n) is 3.12. The molecule has 4 heteroatoms. The zero-order valence-corrected chi connectivity index (χ0v) is 14.2. The van der Waals surface area contributed by atoms with Gasteiger partial charge in [0, 0.05) is 22.4 Å². The predicted molar refractivity (Wildman–Crippen MR) is 97.2 cm³/mol. The van der Waals surface area contributed by atoms with Crippen LogP contribution in [-0.4, -0.2) is 23.6 Å². The van der Waals surface area contributed by atoms with E-state index >= 15 is 0 Å². The van der Waals surface area contributed by atoms with Crippen LogP contribution in [-0.2, 0) is 11.3 Å². The van der Waals surface area contributed by atoms with Gasteiger partial charge in [0.05, 0.1) is 6.54 Å². The lowest BCUT2D eigenvalue weighted by Gasteiger charge is -2.18. The van der Waals surface area contributed by atoms with Gasteiger partial charge in [0.15, 0.2) is 0 Å². The minimum atomic E-state index is 0.00208. The molecule has 0 aliphatic carbocycles. The Kier molecular flexibility index (Phi) is 6.49. The van der Waals surface area contributed by atoms with Gasteiger partial charge in [0.25, 0.3) is 0 Å². The fourth-order valence-corrected chi connectivity index (χ4v) is 3.09. The number of carbonyl (C=O) groups excluding carboxylic acids is 1. The number of hydrogen-bond donors (Lipinski definition) is 0. The summed E-state index contributed by atoms with van der Waals surface area (Å²) < 4.78 is 0. The van der Waals surface area contributed by atoms with E-state index in [9.17, 15) is 4.79 Å². The summed E-state index contributed by atoms with van der Waals surface area (Å²) in [7, 11) is 0. The smallest absolute Gasteiger partial charge is 0.247 e. The van der Waals surface area contributed by atoms with E-state index in [1.54, 1.807) is 40.2 Å². The van der Waals surface area contributed by atoms with Crippen molar-refractivity contribution in [2.24, 2.45) is 0 Å². The Hall–Kier alpha value is -1.78. The quantitative estimate of drug-likeness (QED) is 0.417. The van der Waals surface area contributed by atoms with Gasteiger partial charge >= 0.3 is 0 Å². The van der Waals surface area contributed by atoms with Gasteiger partial charge in [-0.05, 0) is 41.5 Å². The van der Waals surface area contributed by atoms with E-state index in [1.807, 2.05) is 42.0 Å². The topological polar surface area (TPSA) is 20.3 Å². The van der Waals surface area contributed by atoms with Crippen LogP contribution in [0, 0.1) is 0 Å². The number of hydrogen-bond acceptors (Lipinski definition) is 3. The second-order valence-corrected chi connectivity index (χ2v) is 6.61. The number of rotatable bonds is 7. The normalized spacial score (nSPS) is 10.8. The maximum absolute atomic E-state index is 12.3. The molecule has 1 aromatic carbocycles. The Balaban J connectivity index is 2.02. The summed E-state index contributed by atoms with van der Waals surface area (Å²) in [5.41, 5.74) is 1.03. The van der Waals surface area contributed by atoms with Gasteiger partial charge in [0.1, 0.15) is 0 Å². The average molecular weight is 329 g/mol. The Labute approximate surface area is 140 Å². The zero-order chi connectivity index (χ0) is 15.8. The molecule has 0 fully saturated rings. The highest BCUT2D eigenvalue weighted by Gasteiger charge is 2.10. The first-order valence-corrected chi connectivity index (χ1v) is 9.07. The van der Waals surface area contributed by atoms with Crippen LogP contribution in [0.1, 0.15) is 10.4 Å². The van der Waals surface area contributed by atoms with Gasteiger partial charge in [-0.2, -0.15) is 0 Å². The summed E-state index contributed by atoms with van der Waals surface area (Å²) in [6, 6.07) is 12.2. The number of amides is 1. The SMILES string of the molecule is C=CCN(Cc1cccs1)C(=O)/C=C/c1ccc(SC)cc1. The van der Waals surface area contributed by atoms with Crippen molar-refractivity contribution in [3.63, 3.8) is 0 Å². The van der Waals surface area contributed by atoms with Crippen LogP contribution < -0.4 is 0 Å². The fourth-order valence-electron chi connectivity index (χ4n) is 1.97. The third kappa shape index (κ3) is 4.90. The summed E-state index contributed by atoms with van der Waals surface area (Å²) in [6.07, 6.45) is 7.29. The average Bonchev–Trinajstić information content (AvgIpc) is 3.06. The molecular formula is C18H19NOS2. The highest BCUT2D eigenvalue weighted by molar-refractivity contribution is 7.98. The minimum Gasteiger partial charge on any atom is -0.330 e. The van der Waals surface area contributed by atoms with E-state index in [1.165, 1.54) is 9.77 Å². The lowest BCUT2D eigenvalue weighted by Crippen LogP contribution is -2.28. The van der Waals surface area contributed by atoms with E-state index < -0.39 is 0 Å². The first kappa shape index (κ1) is 16.6. The highest BCUT2D eigenvalue weighted by Crippen LogP contribution is 2.16. The number of carbonyl (C=O) groups is 1. The van der Waals surface area contributed by atoms with Gasteiger partial charge in [-0.1, -0.05) is 24.3 Å². The molecule has 2 rings (SSSR count). The van der Waals surface area contributed by atoms with Crippen molar-refractivity contribution < 1.29 is 4.79 Å². The second-order valence-electron chi connectivity index (χ2n) is 4.69. The van der Waals surface area contributed by atoms with Crippen molar-refractivity contribution >= 4 is 35.1 Å². The zero-order valence-electron chi connectivity index (χ0n) is 12.6. The minimum absolute atomic E-state index is 0.00208. The van der Waals surface area contributed by atoms with Crippen LogP contribution in [0.2, 0.25) is 0 Å². The highest BCUT2D eigenvalue weighted by atomic mass is 32.2. The maximum Gasteiger partial charge on any atom is 0.247 e. The molecule has 0 atom stereocenters. The van der Waals surface area contributed by atoms with Crippen LogP contribution in [0.25, 0.3) is 6.08 Å². The molecular weight excluding hydrogens is 310 g/mol. The lowest BCUT2D eigenvalue weighted by molar-refractivity contribution is -0.126. The van der Waals surface area contributed by atoms with Crippen LogP contribution in [0.4, 0.5) is 0 Å². The monoisotopic (exact) mass is 329 g/mol. The van der Waals surface area contributed by atoms with Crippen molar-refractivity contribution in [3.8, 4) is 0 Å². The van der Waals surface area contributed by atoms with Crippen LogP contribution in [0.3, 0.4) is 0 Å². The molecule has 0 unspecified atom stereocenters. The summed E-state index contributed by atoms with van der Waals surface area (Å²) in [5.74, 6) is 0.00208. The molecule has 0 spiro atoms. The van der Waals surface area contributed by atoms with E-state index in [-0.39, 0.29) is 5.91 Å². The lowest BCUT2D eigenvalue weighted by atomic mass is 10.2. The molecule has 0 aliphatic heterocycles. The Morgan fingerprint density at radius 2 is 2.09 bits per heavy atom. The standard InChI is InChI=1S/C18H19NOS2/c1-3-12-19(14-17-5-4-13-22-17)18(20)11-8-15-6-9-16(21-2)10-7-15/h3-11,13H,1,12,14H2,2H3/b11-8+. The third-order valence-corrected chi connectivity index (χ3v) is 4.73. The van der Waals surface area contributed by atoms with Gasteiger partial charge in [0.2, 0.25) is 5.91 Å². The molecule has 1 aromatic heterocycles. The fraction of sp³-hybridized carbons (Fsp3) is 0.167. The Morgan fingerprint density at radius 1 is 1.32 bits per heavy atom. The summed E-state index contributed by atoms with van der Waals surface area (Å²) >= 11 is 3.36. The molecule has 0 N–H and O–H groups in total. The number of thiophene rings is 1. The Bertz CT molecular complexity index is 630. The maximum atomic E-state index is 12.3. The first-order chi connectivity index (χ1) is 10.7. The molecule has 0 bridgehead atoms. The van der Waals surface area contributed by atoms with Crippen molar-refractivity contribution in [3.05, 3.63) is 70.9 Å². The molecule has 114 valence electrons. The number of thioether (sulfide) groups is 1. The van der Waals surface area contributed by atoms with Crippen molar-refractivity contribution in [1.82, 2.24) is 4.90 Å². The number of benzene rings is 1. The molecule has 0 radical (unpaired) electrons. The molecule has 0 aliphatic rings. The molecule has 0 saturated carbocycles. The summed E-state index contributed by atoms with van der Waals surface area (Å²) in [4.78, 5) is 16.5. The van der Waals surface area contributed by atoms with Crippen molar-refractivity contribution in [2.75, 3.05) is 12.8 Å². The van der Waals surface area contributed by atoms with E-state index in [4.69, 9.17) is 0 Å². The molecule has 0 saturated heterocycles. The van der Waals surface area contributed by atoms with Crippen LogP contribution in [0.15, 0.2) is 65.4 Å². The van der Waals surface area contributed by atoms with E-state index in [0.717, 1.165) is 5.56 Å². The summed E-state index contributed by atoms with van der Waals surface area (Å²) in [6.45, 7) is 4.90. The van der Waals surface area contributed by atoms with Gasteiger partial charge in [-0.15, -0.1) is 29.7 Å². The van der Waals surface area contributed by atoms with Gasteiger partial charge < -0.3 is 4.90 Å². The summed E-state index contributed by atoms with van der Waals surface area (Å²) in [5, 5.41) is 2.02. The molecule has 2 nitrogen and oxygen atoms in total. The molecule has 1 amide bonds. The second kappa shape index (κ2) is 8.61. The first-order valence-electron chi connectivity index (χ1n) is 6.97. The largest absolute Gasteiger partial charge is 0.330 e. The predicted octanol–water partition coefficient (Wildman–Crippen LogP) is 4.70. The van der Waals surface area contributed by atoms with Crippen molar-refractivity contribution in [1.29, 1.82) is 0 Å². The molecule has 22 heavy (non-hydrogen) atoms. The van der Waals surface area contributed by atoms with Gasteiger partial charge in [-0.25, -0.2) is 0 Å². The van der Waals surface area contributed by atoms with Crippen LogP contribution >= 0.6 is 23.1 Å². The molecule has 1 heterocycles.